The average Bonchev–Trinajstić information content (AvgIpc) is 3.04. The highest BCUT2D eigenvalue weighted by Crippen LogP contribution is 2.32. The summed E-state index contributed by atoms with van der Waals surface area (Å²) in [5.41, 5.74) is -0.479. The molecule has 0 radical (unpaired) electrons. The summed E-state index contributed by atoms with van der Waals surface area (Å²) in [6, 6.07) is 0.270. The van der Waals surface area contributed by atoms with Gasteiger partial charge in [0, 0.05) is 37.1 Å². The predicted octanol–water partition coefficient (Wildman–Crippen LogP) is 4.72. The summed E-state index contributed by atoms with van der Waals surface area (Å²) in [7, 11) is -3.41. The first-order valence-corrected chi connectivity index (χ1v) is 11.0. The van der Waals surface area contributed by atoms with Gasteiger partial charge in [-0.1, -0.05) is 18.2 Å². The molecule has 0 bridgehead atoms. The standard InChI is InChI=1S/C21H22F5N3O3S/c1-5-7-15-18(33(31,32)29(10-6-2)13(3)21(24,25)26)12-28(4)19(15)20(30)27-14-8-9-16(22)17(23)11-14/h5-9,11-13H,2,10H2,1,3-4H3,(H,27,30)/b7-5+/t13-/m1/s1. The molecule has 0 spiro atoms. The summed E-state index contributed by atoms with van der Waals surface area (Å²) in [5, 5.41) is 2.33. The minimum atomic E-state index is -4.85. The fourth-order valence-electron chi connectivity index (χ4n) is 3.08. The first kappa shape index (κ1) is 26.3. The summed E-state index contributed by atoms with van der Waals surface area (Å²) >= 11 is 0. The third-order valence-corrected chi connectivity index (χ3v) is 6.68. The molecule has 1 heterocycles. The topological polar surface area (TPSA) is 71.4 Å². The van der Waals surface area contributed by atoms with Gasteiger partial charge in [0.05, 0.1) is 0 Å². The maximum absolute atomic E-state index is 13.5. The number of aryl methyl sites for hydroxylation is 1. The average molecular weight is 491 g/mol. The van der Waals surface area contributed by atoms with Crippen LogP contribution < -0.4 is 5.32 Å². The Hall–Kier alpha value is -2.99. The fourth-order valence-corrected chi connectivity index (χ4v) is 4.90. The number of halogens is 5. The maximum Gasteiger partial charge on any atom is 0.404 e. The smallest absolute Gasteiger partial charge is 0.345 e. The second-order valence-electron chi connectivity index (χ2n) is 7.03. The van der Waals surface area contributed by atoms with Gasteiger partial charge in [0.2, 0.25) is 10.0 Å². The number of sulfonamides is 1. The number of aromatic nitrogens is 1. The normalized spacial score (nSPS) is 13.5. The molecule has 0 unspecified atom stereocenters. The van der Waals surface area contributed by atoms with E-state index in [-0.39, 0.29) is 21.2 Å². The number of nitrogens with one attached hydrogen (secondary N) is 1. The first-order chi connectivity index (χ1) is 15.2. The number of carbonyl (C=O) groups is 1. The van der Waals surface area contributed by atoms with Gasteiger partial charge >= 0.3 is 6.18 Å². The van der Waals surface area contributed by atoms with Crippen molar-refractivity contribution in [2.75, 3.05) is 11.9 Å². The number of alkyl halides is 3. The number of amides is 1. The van der Waals surface area contributed by atoms with E-state index in [1.165, 1.54) is 26.1 Å². The van der Waals surface area contributed by atoms with Crippen LogP contribution in [0.2, 0.25) is 0 Å². The maximum atomic E-state index is 13.5. The van der Waals surface area contributed by atoms with Crippen LogP contribution in [0.1, 0.15) is 29.9 Å². The SMILES string of the molecule is C=CCN([C@H](C)C(F)(F)F)S(=O)(=O)c1cn(C)c(C(=O)Nc2ccc(F)c(F)c2)c1/C=C/C. The van der Waals surface area contributed by atoms with Crippen molar-refractivity contribution < 1.29 is 35.2 Å². The van der Waals surface area contributed by atoms with Gasteiger partial charge < -0.3 is 9.88 Å². The Morgan fingerprint density at radius 3 is 2.42 bits per heavy atom. The Balaban J connectivity index is 2.61. The number of carbonyl (C=O) groups excluding carboxylic acids is 1. The van der Waals surface area contributed by atoms with Crippen LogP contribution in [0, 0.1) is 11.6 Å². The molecule has 2 aromatic rings. The number of allylic oxidation sites excluding steroid dienone is 1. The van der Waals surface area contributed by atoms with Crippen LogP contribution in [0.15, 0.2) is 48.0 Å². The lowest BCUT2D eigenvalue weighted by Crippen LogP contribution is -2.47. The summed E-state index contributed by atoms with van der Waals surface area (Å²) in [6.45, 7) is 4.94. The molecule has 0 aliphatic rings. The molecule has 33 heavy (non-hydrogen) atoms. The van der Waals surface area contributed by atoms with Crippen LogP contribution in [-0.4, -0.2) is 42.0 Å². The zero-order valence-corrected chi connectivity index (χ0v) is 18.8. The molecule has 6 nitrogen and oxygen atoms in total. The van der Waals surface area contributed by atoms with E-state index < -0.39 is 51.2 Å². The molecule has 2 rings (SSSR count). The van der Waals surface area contributed by atoms with E-state index in [9.17, 15) is 35.2 Å². The van der Waals surface area contributed by atoms with Crippen molar-refractivity contribution in [1.29, 1.82) is 0 Å². The molecular weight excluding hydrogens is 469 g/mol. The fraction of sp³-hybridized carbons (Fsp3) is 0.286. The Kier molecular flexibility index (Phi) is 7.86. The predicted molar refractivity (Wildman–Crippen MR) is 114 cm³/mol. The van der Waals surface area contributed by atoms with Gasteiger partial charge in [0.1, 0.15) is 16.6 Å². The second-order valence-corrected chi connectivity index (χ2v) is 8.89. The van der Waals surface area contributed by atoms with Crippen LogP contribution in [0.3, 0.4) is 0 Å². The van der Waals surface area contributed by atoms with Crippen molar-refractivity contribution in [2.24, 2.45) is 7.05 Å². The van der Waals surface area contributed by atoms with E-state index in [1.807, 2.05) is 0 Å². The van der Waals surface area contributed by atoms with Crippen molar-refractivity contribution in [3.8, 4) is 0 Å². The summed E-state index contributed by atoms with van der Waals surface area (Å²) in [4.78, 5) is 12.3. The Morgan fingerprint density at radius 2 is 1.91 bits per heavy atom. The third-order valence-electron chi connectivity index (χ3n) is 4.71. The molecule has 0 saturated heterocycles. The molecular formula is C21H22F5N3O3S. The van der Waals surface area contributed by atoms with Gasteiger partial charge in [-0.2, -0.15) is 17.5 Å². The summed E-state index contributed by atoms with van der Waals surface area (Å²) in [6.07, 6.45) is -0.137. The Morgan fingerprint density at radius 1 is 1.27 bits per heavy atom. The van der Waals surface area contributed by atoms with Crippen LogP contribution in [0.5, 0.6) is 0 Å². The number of nitrogens with zero attached hydrogens (tertiary/aromatic N) is 2. The van der Waals surface area contributed by atoms with Crippen LogP contribution in [0.25, 0.3) is 6.08 Å². The highest BCUT2D eigenvalue weighted by Gasteiger charge is 2.45. The van der Waals surface area contributed by atoms with Crippen LogP contribution in [-0.2, 0) is 17.1 Å². The molecule has 0 fully saturated rings. The molecule has 180 valence electrons. The van der Waals surface area contributed by atoms with Crippen molar-refractivity contribution in [3.63, 3.8) is 0 Å². The van der Waals surface area contributed by atoms with E-state index in [4.69, 9.17) is 0 Å². The van der Waals surface area contributed by atoms with Crippen molar-refractivity contribution >= 4 is 27.7 Å². The largest absolute Gasteiger partial charge is 0.404 e. The minimum absolute atomic E-state index is 0.102. The molecule has 1 aromatic carbocycles. The molecule has 1 aromatic heterocycles. The van der Waals surface area contributed by atoms with Crippen molar-refractivity contribution in [2.45, 2.75) is 31.0 Å². The lowest BCUT2D eigenvalue weighted by molar-refractivity contribution is -0.165. The van der Waals surface area contributed by atoms with E-state index >= 15 is 0 Å². The van der Waals surface area contributed by atoms with Crippen molar-refractivity contribution in [1.82, 2.24) is 8.87 Å². The lowest BCUT2D eigenvalue weighted by atomic mass is 10.2. The molecule has 1 amide bonds. The molecule has 0 saturated carbocycles. The molecule has 0 aliphatic heterocycles. The number of rotatable bonds is 8. The lowest BCUT2D eigenvalue weighted by Gasteiger charge is -2.28. The van der Waals surface area contributed by atoms with Gasteiger partial charge in [-0.25, -0.2) is 17.2 Å². The monoisotopic (exact) mass is 491 g/mol. The molecule has 1 atom stereocenters. The molecule has 12 heteroatoms. The zero-order chi connectivity index (χ0) is 25.1. The van der Waals surface area contributed by atoms with E-state index in [0.29, 0.717) is 6.92 Å². The van der Waals surface area contributed by atoms with Gasteiger partial charge in [-0.15, -0.1) is 6.58 Å². The molecule has 1 N–H and O–H groups in total. The van der Waals surface area contributed by atoms with Gasteiger partial charge in [-0.3, -0.25) is 4.79 Å². The van der Waals surface area contributed by atoms with Gasteiger partial charge in [-0.05, 0) is 26.0 Å². The minimum Gasteiger partial charge on any atom is -0.345 e. The van der Waals surface area contributed by atoms with Crippen LogP contribution in [0.4, 0.5) is 27.6 Å². The Bertz CT molecular complexity index is 1190. The first-order valence-electron chi connectivity index (χ1n) is 9.53. The van der Waals surface area contributed by atoms with Crippen LogP contribution >= 0.6 is 0 Å². The van der Waals surface area contributed by atoms with Gasteiger partial charge in [0.25, 0.3) is 5.91 Å². The second kappa shape index (κ2) is 9.87. The highest BCUT2D eigenvalue weighted by molar-refractivity contribution is 7.89. The Labute approximate surface area is 188 Å². The van der Waals surface area contributed by atoms with Crippen molar-refractivity contribution in [3.05, 3.63) is 66.0 Å². The van der Waals surface area contributed by atoms with E-state index in [0.717, 1.165) is 35.0 Å². The highest BCUT2D eigenvalue weighted by atomic mass is 32.2. The number of anilines is 1. The summed E-state index contributed by atoms with van der Waals surface area (Å²) < 4.78 is 94.5. The van der Waals surface area contributed by atoms with Gasteiger partial charge in [0.15, 0.2) is 11.6 Å². The molecule has 0 aliphatic carbocycles. The third kappa shape index (κ3) is 5.50. The number of hydrogen-bond acceptors (Lipinski definition) is 3. The van der Waals surface area contributed by atoms with E-state index in [2.05, 4.69) is 11.9 Å². The quantitative estimate of drug-likeness (QED) is 0.429. The zero-order valence-electron chi connectivity index (χ0n) is 18.0. The number of hydrogen-bond donors (Lipinski definition) is 1. The van der Waals surface area contributed by atoms with E-state index in [1.54, 1.807) is 0 Å². The summed E-state index contributed by atoms with van der Waals surface area (Å²) in [5.74, 6) is -3.22. The number of benzene rings is 1.